The number of amides is 2. The van der Waals surface area contributed by atoms with Gasteiger partial charge in [-0.05, 0) is 19.1 Å². The molecule has 0 atom stereocenters. The SMILES string of the molecule is C=CCN(CCO)C(=O)NCc1cn2c(C)cccc2n1. The predicted molar refractivity (Wildman–Crippen MR) is 81.0 cm³/mol. The predicted octanol–water partition coefficient (Wildman–Crippen LogP) is 1.33. The van der Waals surface area contributed by atoms with Crippen molar-refractivity contribution in [3.8, 4) is 0 Å². The van der Waals surface area contributed by atoms with Crippen LogP contribution in [0.2, 0.25) is 0 Å². The number of fused-ring (bicyclic) bond motifs is 1. The second kappa shape index (κ2) is 6.90. The van der Waals surface area contributed by atoms with Gasteiger partial charge in [0.05, 0.1) is 18.8 Å². The summed E-state index contributed by atoms with van der Waals surface area (Å²) >= 11 is 0. The van der Waals surface area contributed by atoms with E-state index in [9.17, 15) is 4.79 Å². The van der Waals surface area contributed by atoms with Crippen molar-refractivity contribution in [2.75, 3.05) is 19.7 Å². The number of nitrogens with zero attached hydrogens (tertiary/aromatic N) is 3. The second-order valence-electron chi connectivity index (χ2n) is 4.74. The zero-order valence-corrected chi connectivity index (χ0v) is 12.1. The minimum atomic E-state index is -0.238. The van der Waals surface area contributed by atoms with Crippen molar-refractivity contribution in [3.05, 3.63) is 48.4 Å². The molecule has 0 aromatic carbocycles. The summed E-state index contributed by atoms with van der Waals surface area (Å²) in [5, 5.41) is 11.8. The Morgan fingerprint density at radius 3 is 3.05 bits per heavy atom. The van der Waals surface area contributed by atoms with Crippen molar-refractivity contribution < 1.29 is 9.90 Å². The van der Waals surface area contributed by atoms with Crippen molar-refractivity contribution in [2.24, 2.45) is 0 Å². The van der Waals surface area contributed by atoms with Crippen LogP contribution in [-0.2, 0) is 6.54 Å². The van der Waals surface area contributed by atoms with Crippen LogP contribution in [0.3, 0.4) is 0 Å². The fourth-order valence-electron chi connectivity index (χ4n) is 2.11. The summed E-state index contributed by atoms with van der Waals surface area (Å²) in [6.45, 7) is 6.56. The number of pyridine rings is 1. The van der Waals surface area contributed by atoms with Crippen LogP contribution >= 0.6 is 0 Å². The number of carbonyl (C=O) groups excluding carboxylic acids is 1. The molecule has 0 saturated carbocycles. The number of carbonyl (C=O) groups is 1. The van der Waals surface area contributed by atoms with Gasteiger partial charge in [0.1, 0.15) is 5.65 Å². The van der Waals surface area contributed by atoms with Gasteiger partial charge in [-0.2, -0.15) is 0 Å². The maximum absolute atomic E-state index is 12.0. The number of aromatic nitrogens is 2. The molecular weight excluding hydrogens is 268 g/mol. The van der Waals surface area contributed by atoms with Crippen molar-refractivity contribution in [1.82, 2.24) is 19.6 Å². The smallest absolute Gasteiger partial charge is 0.318 e. The Balaban J connectivity index is 2.02. The number of imidazole rings is 1. The maximum atomic E-state index is 12.0. The monoisotopic (exact) mass is 288 g/mol. The van der Waals surface area contributed by atoms with Crippen molar-refractivity contribution in [3.63, 3.8) is 0 Å². The van der Waals surface area contributed by atoms with E-state index < -0.39 is 0 Å². The fraction of sp³-hybridized carbons (Fsp3) is 0.333. The highest BCUT2D eigenvalue weighted by Gasteiger charge is 2.11. The largest absolute Gasteiger partial charge is 0.395 e. The number of aliphatic hydroxyl groups is 1. The van der Waals surface area contributed by atoms with Crippen molar-refractivity contribution >= 4 is 11.7 Å². The number of hydrogen-bond donors (Lipinski definition) is 2. The molecule has 0 spiro atoms. The molecule has 2 rings (SSSR count). The summed E-state index contributed by atoms with van der Waals surface area (Å²) in [4.78, 5) is 18.0. The summed E-state index contributed by atoms with van der Waals surface area (Å²) in [5.41, 5.74) is 2.74. The van der Waals surface area contributed by atoms with Gasteiger partial charge >= 0.3 is 6.03 Å². The van der Waals surface area contributed by atoms with Crippen LogP contribution in [0, 0.1) is 6.92 Å². The summed E-state index contributed by atoms with van der Waals surface area (Å²) < 4.78 is 1.98. The summed E-state index contributed by atoms with van der Waals surface area (Å²) in [6.07, 6.45) is 3.54. The first kappa shape index (κ1) is 15.1. The van der Waals surface area contributed by atoms with E-state index in [0.29, 0.717) is 13.1 Å². The lowest BCUT2D eigenvalue weighted by molar-refractivity contribution is 0.183. The Hall–Kier alpha value is -2.34. The maximum Gasteiger partial charge on any atom is 0.318 e. The Labute approximate surface area is 123 Å². The van der Waals surface area contributed by atoms with Gasteiger partial charge in [0, 0.05) is 25.0 Å². The third kappa shape index (κ3) is 3.61. The Bertz CT molecular complexity index is 636. The van der Waals surface area contributed by atoms with Crippen LogP contribution in [0.5, 0.6) is 0 Å². The van der Waals surface area contributed by atoms with Gasteiger partial charge in [-0.25, -0.2) is 9.78 Å². The third-order valence-electron chi connectivity index (χ3n) is 3.17. The van der Waals surface area contributed by atoms with Crippen LogP contribution in [0.25, 0.3) is 5.65 Å². The molecule has 2 aromatic heterocycles. The number of nitrogens with one attached hydrogen (secondary N) is 1. The highest BCUT2D eigenvalue weighted by atomic mass is 16.3. The first-order chi connectivity index (χ1) is 10.2. The molecule has 0 saturated heterocycles. The van der Waals surface area contributed by atoms with Gasteiger partial charge in [0.2, 0.25) is 0 Å². The molecule has 112 valence electrons. The summed E-state index contributed by atoms with van der Waals surface area (Å²) in [5.74, 6) is 0. The van der Waals surface area contributed by atoms with Crippen LogP contribution in [0.15, 0.2) is 37.1 Å². The standard InChI is InChI=1S/C15H20N4O2/c1-3-7-18(8-9-20)15(21)16-10-13-11-19-12(2)5-4-6-14(19)17-13/h3-6,11,20H,1,7-10H2,2H3,(H,16,21). The molecule has 2 heterocycles. The average molecular weight is 288 g/mol. The van der Waals surface area contributed by atoms with Gasteiger partial charge < -0.3 is 19.7 Å². The normalized spacial score (nSPS) is 10.6. The minimum Gasteiger partial charge on any atom is -0.395 e. The Morgan fingerprint density at radius 2 is 2.38 bits per heavy atom. The zero-order chi connectivity index (χ0) is 15.2. The molecule has 0 aliphatic heterocycles. The molecule has 0 bridgehead atoms. The first-order valence-corrected chi connectivity index (χ1v) is 6.84. The van der Waals surface area contributed by atoms with E-state index in [0.717, 1.165) is 17.0 Å². The topological polar surface area (TPSA) is 69.9 Å². The van der Waals surface area contributed by atoms with Gasteiger partial charge in [-0.15, -0.1) is 6.58 Å². The van der Waals surface area contributed by atoms with Crippen molar-refractivity contribution in [2.45, 2.75) is 13.5 Å². The zero-order valence-electron chi connectivity index (χ0n) is 12.1. The van der Waals surface area contributed by atoms with E-state index in [1.165, 1.54) is 4.90 Å². The number of aryl methyl sites for hydroxylation is 1. The number of aliphatic hydroxyl groups excluding tert-OH is 1. The molecule has 2 aromatic rings. The first-order valence-electron chi connectivity index (χ1n) is 6.84. The fourth-order valence-corrected chi connectivity index (χ4v) is 2.11. The number of hydrogen-bond acceptors (Lipinski definition) is 3. The lowest BCUT2D eigenvalue weighted by atomic mass is 10.4. The van der Waals surface area contributed by atoms with E-state index >= 15 is 0 Å². The average Bonchev–Trinajstić information content (AvgIpc) is 2.89. The molecule has 6 heteroatoms. The van der Waals surface area contributed by atoms with E-state index in [2.05, 4.69) is 16.9 Å². The molecule has 21 heavy (non-hydrogen) atoms. The lowest BCUT2D eigenvalue weighted by Crippen LogP contribution is -2.41. The second-order valence-corrected chi connectivity index (χ2v) is 4.74. The molecule has 0 aliphatic carbocycles. The Kier molecular flexibility index (Phi) is 4.94. The van der Waals surface area contributed by atoms with E-state index in [4.69, 9.17) is 5.11 Å². The van der Waals surface area contributed by atoms with Gasteiger partial charge in [0.25, 0.3) is 0 Å². The highest BCUT2D eigenvalue weighted by Crippen LogP contribution is 2.08. The molecule has 2 N–H and O–H groups in total. The van der Waals surface area contributed by atoms with Crippen LogP contribution in [0.1, 0.15) is 11.4 Å². The van der Waals surface area contributed by atoms with E-state index in [1.54, 1.807) is 6.08 Å². The quantitative estimate of drug-likeness (QED) is 0.788. The molecule has 0 unspecified atom stereocenters. The van der Waals surface area contributed by atoms with E-state index in [1.807, 2.05) is 35.7 Å². The molecular formula is C15H20N4O2. The summed E-state index contributed by atoms with van der Waals surface area (Å²) in [7, 11) is 0. The Morgan fingerprint density at radius 1 is 1.57 bits per heavy atom. The van der Waals surface area contributed by atoms with Gasteiger partial charge in [-0.1, -0.05) is 12.1 Å². The van der Waals surface area contributed by atoms with Crippen molar-refractivity contribution in [1.29, 1.82) is 0 Å². The van der Waals surface area contributed by atoms with E-state index in [-0.39, 0.29) is 19.2 Å². The third-order valence-corrected chi connectivity index (χ3v) is 3.17. The van der Waals surface area contributed by atoms with Crippen LogP contribution in [0.4, 0.5) is 4.79 Å². The summed E-state index contributed by atoms with van der Waals surface area (Å²) in [6, 6.07) is 5.64. The van der Waals surface area contributed by atoms with Gasteiger partial charge in [0.15, 0.2) is 0 Å². The molecule has 0 radical (unpaired) electrons. The lowest BCUT2D eigenvalue weighted by Gasteiger charge is -2.20. The van der Waals surface area contributed by atoms with Gasteiger partial charge in [-0.3, -0.25) is 0 Å². The molecule has 0 aliphatic rings. The molecule has 2 amide bonds. The molecule has 0 fully saturated rings. The van der Waals surface area contributed by atoms with Crippen LogP contribution in [-0.4, -0.2) is 45.1 Å². The molecule has 6 nitrogen and oxygen atoms in total. The minimum absolute atomic E-state index is 0.0746. The number of urea groups is 1. The van der Waals surface area contributed by atoms with Crippen LogP contribution < -0.4 is 5.32 Å². The highest BCUT2D eigenvalue weighted by molar-refractivity contribution is 5.74. The number of rotatable bonds is 6.